The molecule has 0 aliphatic rings. The van der Waals surface area contributed by atoms with E-state index in [1.165, 1.54) is 0 Å². The van der Waals surface area contributed by atoms with Gasteiger partial charge in [-0.05, 0) is 44.8 Å². The third-order valence-electron chi connectivity index (χ3n) is 5.07. The summed E-state index contributed by atoms with van der Waals surface area (Å²) in [4.78, 5) is 27.0. The van der Waals surface area contributed by atoms with Gasteiger partial charge in [0.1, 0.15) is 0 Å². The van der Waals surface area contributed by atoms with Crippen LogP contribution in [-0.4, -0.2) is 12.0 Å². The zero-order valence-corrected chi connectivity index (χ0v) is 17.4. The Morgan fingerprint density at radius 2 is 1.67 bits per heavy atom. The van der Waals surface area contributed by atoms with Gasteiger partial charge >= 0.3 is 6.98 Å². The first-order valence-corrected chi connectivity index (χ1v) is 10.9. The van der Waals surface area contributed by atoms with Crippen molar-refractivity contribution in [3.8, 4) is 0 Å². The highest BCUT2D eigenvalue weighted by Crippen LogP contribution is 2.28. The topological polar surface area (TPSA) is 83.8 Å². The molecule has 148 valence electrons. The van der Waals surface area contributed by atoms with Crippen molar-refractivity contribution in [2.24, 2.45) is 10.2 Å². The van der Waals surface area contributed by atoms with Crippen LogP contribution in [0.25, 0.3) is 21.7 Å². The number of hydrogen-bond donors (Lipinski definition) is 1. The highest BCUT2D eigenvalue weighted by molar-refractivity contribution is 8.19. The quantitative estimate of drug-likeness (QED) is 0.180. The summed E-state index contributed by atoms with van der Waals surface area (Å²) in [6, 6.07) is 21.4. The molecule has 30 heavy (non-hydrogen) atoms. The Morgan fingerprint density at radius 3 is 2.43 bits per heavy atom. The highest BCUT2D eigenvalue weighted by Gasteiger charge is 2.24. The molecule has 1 N–H and O–H groups in total. The molecule has 0 spiro atoms. The van der Waals surface area contributed by atoms with E-state index in [0.29, 0.717) is 18.4 Å². The maximum atomic E-state index is 11.1. The van der Waals surface area contributed by atoms with Crippen LogP contribution in [0.2, 0.25) is 0 Å². The van der Waals surface area contributed by atoms with Gasteiger partial charge in [0, 0.05) is 34.9 Å². The van der Waals surface area contributed by atoms with Crippen LogP contribution < -0.4 is 10.2 Å². The van der Waals surface area contributed by atoms with Gasteiger partial charge in [-0.25, -0.2) is 4.72 Å². The summed E-state index contributed by atoms with van der Waals surface area (Å²) < 4.78 is 3.04. The van der Waals surface area contributed by atoms with Crippen molar-refractivity contribution in [2.45, 2.75) is 13.0 Å². The fourth-order valence-electron chi connectivity index (χ4n) is 3.69. The van der Waals surface area contributed by atoms with Crippen molar-refractivity contribution in [3.05, 3.63) is 93.4 Å². The molecular formula is C21H16BClN4O2S. The van der Waals surface area contributed by atoms with Gasteiger partial charge in [0.05, 0.1) is 11.2 Å². The number of hydrogen-bond acceptors (Lipinski definition) is 7. The minimum Gasteiger partial charge on any atom is -0.252 e. The molecule has 1 aromatic heterocycles. The molecule has 0 atom stereocenters. The van der Waals surface area contributed by atoms with Gasteiger partial charge in [-0.3, -0.25) is 4.98 Å². The number of halogens is 1. The summed E-state index contributed by atoms with van der Waals surface area (Å²) in [5.74, 6) is 0. The van der Waals surface area contributed by atoms with E-state index in [1.807, 2.05) is 42.5 Å². The lowest BCUT2D eigenvalue weighted by Gasteiger charge is -2.13. The van der Waals surface area contributed by atoms with E-state index in [4.69, 9.17) is 15.7 Å². The predicted octanol–water partition coefficient (Wildman–Crippen LogP) is 5.10. The second-order valence-corrected chi connectivity index (χ2v) is 7.72. The molecule has 0 saturated heterocycles. The Hall–Kier alpha value is -2.81. The lowest BCUT2D eigenvalue weighted by atomic mass is 9.68. The average Bonchev–Trinajstić information content (AvgIpc) is 2.80. The van der Waals surface area contributed by atoms with Crippen molar-refractivity contribution >= 4 is 56.0 Å². The maximum Gasteiger partial charge on any atom is 0.548 e. The first-order valence-electron chi connectivity index (χ1n) is 9.28. The predicted molar refractivity (Wildman–Crippen MR) is 126 cm³/mol. The van der Waals surface area contributed by atoms with Gasteiger partial charge in [0.2, 0.25) is 0 Å². The molecule has 1 heterocycles. The van der Waals surface area contributed by atoms with Crippen molar-refractivity contribution < 1.29 is 0 Å². The van der Waals surface area contributed by atoms with Crippen LogP contribution in [-0.2, 0) is 13.0 Å². The van der Waals surface area contributed by atoms with Crippen LogP contribution in [0, 0.1) is 9.81 Å². The summed E-state index contributed by atoms with van der Waals surface area (Å²) in [6.45, 7) is -0.616. The summed E-state index contributed by atoms with van der Waals surface area (Å²) in [7, 11) is 5.66. The summed E-state index contributed by atoms with van der Waals surface area (Å²) in [5.41, 5.74) is 4.16. The molecule has 6 nitrogen and oxygen atoms in total. The number of rotatable bonds is 8. The zero-order chi connectivity index (χ0) is 20.9. The lowest BCUT2D eigenvalue weighted by Crippen LogP contribution is -2.29. The van der Waals surface area contributed by atoms with Gasteiger partial charge in [-0.15, -0.1) is 0 Å². The van der Waals surface area contributed by atoms with E-state index < -0.39 is 6.98 Å². The zero-order valence-electron chi connectivity index (χ0n) is 15.8. The Kier molecular flexibility index (Phi) is 6.37. The van der Waals surface area contributed by atoms with Gasteiger partial charge in [-0.2, -0.15) is 9.81 Å². The van der Waals surface area contributed by atoms with Crippen molar-refractivity contribution in [2.75, 3.05) is 0 Å². The van der Waals surface area contributed by atoms with E-state index >= 15 is 0 Å². The first-order chi connectivity index (χ1) is 14.7. The largest absolute Gasteiger partial charge is 0.548 e. The first kappa shape index (κ1) is 20.5. The molecule has 4 rings (SSSR count). The molecule has 3 aromatic carbocycles. The molecule has 0 unspecified atom stereocenters. The number of benzene rings is 3. The highest BCUT2D eigenvalue weighted by atomic mass is 35.7. The lowest BCUT2D eigenvalue weighted by molar-refractivity contribution is 0.986. The van der Waals surface area contributed by atoms with Crippen LogP contribution in [0.3, 0.4) is 0 Å². The van der Waals surface area contributed by atoms with Gasteiger partial charge in [-0.1, -0.05) is 64.8 Å². The summed E-state index contributed by atoms with van der Waals surface area (Å²) in [5, 5.41) is 8.89. The van der Waals surface area contributed by atoms with Gasteiger partial charge in [0.15, 0.2) is 0 Å². The molecule has 9 heteroatoms. The third kappa shape index (κ3) is 4.07. The standard InChI is InChI=1S/C21H16BClN4O2S/c23-30-24-13-14-9-10-20-18(11-14)16-6-2-3-7-17(16)21(25-20)12-15-5-1-4-8-19(15)22(26-28)27-29/h1-11,24H,12-13H2. The van der Waals surface area contributed by atoms with E-state index in [0.717, 1.165) is 49.7 Å². The number of fused-ring (bicyclic) bond motifs is 3. The molecule has 0 fully saturated rings. The fraction of sp³-hybridized carbons (Fsp3) is 0.0952. The van der Waals surface area contributed by atoms with E-state index in [2.05, 4.69) is 27.0 Å². The van der Waals surface area contributed by atoms with Crippen LogP contribution in [0.5, 0.6) is 0 Å². The normalized spacial score (nSPS) is 11.0. The molecule has 0 bridgehead atoms. The SMILES string of the molecule is O=NB(N=O)c1ccccc1Cc1nc2ccc(CNSCl)cc2c2ccccc12. The Labute approximate surface area is 182 Å². The number of pyridine rings is 1. The van der Waals surface area contributed by atoms with Crippen LogP contribution >= 0.6 is 21.8 Å². The van der Waals surface area contributed by atoms with E-state index in [1.54, 1.807) is 12.1 Å². The summed E-state index contributed by atoms with van der Waals surface area (Å²) in [6.07, 6.45) is 0.459. The van der Waals surface area contributed by atoms with E-state index in [-0.39, 0.29) is 0 Å². The van der Waals surface area contributed by atoms with Crippen LogP contribution in [0.4, 0.5) is 0 Å². The number of nitrogens with one attached hydrogen (secondary N) is 1. The number of nitroso groups, excluding NO2 is 2. The second kappa shape index (κ2) is 9.34. The molecule has 0 aliphatic carbocycles. The van der Waals surface area contributed by atoms with Gasteiger partial charge in [0.25, 0.3) is 0 Å². The summed E-state index contributed by atoms with van der Waals surface area (Å²) >= 11 is 1.06. The van der Waals surface area contributed by atoms with Crippen molar-refractivity contribution in [1.82, 2.24) is 9.71 Å². The van der Waals surface area contributed by atoms with Crippen molar-refractivity contribution in [3.63, 3.8) is 0 Å². The minimum atomic E-state index is -1.26. The maximum absolute atomic E-state index is 11.1. The number of aromatic nitrogens is 1. The monoisotopic (exact) mass is 434 g/mol. The molecule has 0 amide bonds. The molecule has 0 radical (unpaired) electrons. The third-order valence-corrected chi connectivity index (χ3v) is 5.65. The minimum absolute atomic E-state index is 0.459. The Bertz CT molecular complexity index is 1230. The molecule has 0 aliphatic heterocycles. The molecule has 0 saturated carbocycles. The molecular weight excluding hydrogens is 419 g/mol. The van der Waals surface area contributed by atoms with Gasteiger partial charge < -0.3 is 0 Å². The average molecular weight is 435 g/mol. The number of nitrogens with zero attached hydrogens (tertiary/aromatic N) is 3. The molecule has 4 aromatic rings. The van der Waals surface area contributed by atoms with Crippen LogP contribution in [0.1, 0.15) is 16.8 Å². The smallest absolute Gasteiger partial charge is 0.252 e. The fourth-order valence-corrected chi connectivity index (χ4v) is 4.07. The Balaban J connectivity index is 1.84. The van der Waals surface area contributed by atoms with E-state index in [9.17, 15) is 9.81 Å². The Morgan fingerprint density at radius 1 is 0.933 bits per heavy atom. The van der Waals surface area contributed by atoms with Crippen molar-refractivity contribution in [1.29, 1.82) is 0 Å². The second-order valence-electron chi connectivity index (χ2n) is 6.81. The van der Waals surface area contributed by atoms with Crippen LogP contribution in [0.15, 0.2) is 76.9 Å².